The third kappa shape index (κ3) is 11.1. The summed E-state index contributed by atoms with van der Waals surface area (Å²) in [6.45, 7) is 0.175. The minimum atomic E-state index is -3.92. The zero-order valence-corrected chi connectivity index (χ0v) is 39.3. The zero-order valence-electron chi connectivity index (χ0n) is 33.3. The molecule has 2 aromatic heterocycles. The van der Waals surface area contributed by atoms with Gasteiger partial charge in [0, 0.05) is 27.1 Å². The van der Waals surface area contributed by atoms with Crippen molar-refractivity contribution < 1.29 is 36.3 Å². The quantitative estimate of drug-likeness (QED) is 0.106. The van der Waals surface area contributed by atoms with Crippen LogP contribution in [0.3, 0.4) is 0 Å². The number of hydrogen-bond acceptors (Lipinski definition) is 14. The first-order valence-corrected chi connectivity index (χ1v) is 24.3. The number of carbonyl (C=O) groups excluding carboxylic acids is 2. The van der Waals surface area contributed by atoms with Crippen LogP contribution in [0.1, 0.15) is 48.2 Å². The van der Waals surface area contributed by atoms with Gasteiger partial charge >= 0.3 is 0 Å². The summed E-state index contributed by atoms with van der Waals surface area (Å²) in [5.41, 5.74) is 5.39. The molecule has 4 aromatic carbocycles. The van der Waals surface area contributed by atoms with Gasteiger partial charge in [0.15, 0.2) is 23.2 Å². The maximum Gasteiger partial charge on any atom is 0.286 e. The summed E-state index contributed by atoms with van der Waals surface area (Å²) in [5, 5.41) is 32.0. The first-order valence-electron chi connectivity index (χ1n) is 19.2. The highest BCUT2D eigenvalue weighted by Gasteiger charge is 2.29. The maximum atomic E-state index is 12.7. The highest BCUT2D eigenvalue weighted by atomic mass is 127. The molecular formula is C41H38I2N10O8S2. The van der Waals surface area contributed by atoms with E-state index >= 15 is 0 Å². The van der Waals surface area contributed by atoms with Crippen LogP contribution in [-0.2, 0) is 60.4 Å². The van der Waals surface area contributed by atoms with Gasteiger partial charge in [0.1, 0.15) is 21.2 Å². The van der Waals surface area contributed by atoms with Crippen LogP contribution < -0.4 is 10.6 Å². The van der Waals surface area contributed by atoms with Crippen molar-refractivity contribution in [3.05, 3.63) is 127 Å². The van der Waals surface area contributed by atoms with E-state index in [0.717, 1.165) is 35.3 Å². The molecule has 18 nitrogen and oxygen atoms in total. The molecule has 0 spiro atoms. The number of hydrogen-bond donors (Lipinski definition) is 3. The van der Waals surface area contributed by atoms with Crippen molar-refractivity contribution in [1.82, 2.24) is 30.0 Å². The lowest BCUT2D eigenvalue weighted by atomic mass is 10.0. The largest absolute Gasteiger partial charge is 0.390 e. The SMILES string of the molecule is COCc1cnn(-c2ccccc2CCCC(=O)C2=NS(=O)(=O)c3cc(I)ccc3N2)n1.O=C(CCCc1ccccc1-n1ncc(CO)n1)C1=NS(=O)(=O)c2cc(I)ccc2N1. The monoisotopic (exact) mass is 1120 g/mol. The highest BCUT2D eigenvalue weighted by molar-refractivity contribution is 14.1. The number of anilines is 2. The second-order valence-corrected chi connectivity index (χ2v) is 19.6. The molecule has 8 rings (SSSR count). The molecule has 0 saturated carbocycles. The van der Waals surface area contributed by atoms with Gasteiger partial charge in [0.25, 0.3) is 20.0 Å². The van der Waals surface area contributed by atoms with E-state index in [4.69, 9.17) is 4.74 Å². The zero-order chi connectivity index (χ0) is 44.7. The Morgan fingerprint density at radius 3 is 1.56 bits per heavy atom. The summed E-state index contributed by atoms with van der Waals surface area (Å²) in [7, 11) is -6.23. The number of sulfonamides is 2. The molecule has 0 aliphatic carbocycles. The van der Waals surface area contributed by atoms with E-state index in [-0.39, 0.29) is 52.5 Å². The van der Waals surface area contributed by atoms with Crippen molar-refractivity contribution >= 4 is 99.8 Å². The number of ether oxygens (including phenoxy) is 1. The highest BCUT2D eigenvalue weighted by Crippen LogP contribution is 2.31. The van der Waals surface area contributed by atoms with Crippen LogP contribution in [0.4, 0.5) is 11.4 Å². The second-order valence-electron chi connectivity index (χ2n) is 14.0. The molecule has 0 fully saturated rings. The van der Waals surface area contributed by atoms with Gasteiger partial charge in [-0.2, -0.15) is 46.8 Å². The summed E-state index contributed by atoms with van der Waals surface area (Å²) < 4.78 is 63.8. The molecule has 22 heteroatoms. The molecule has 6 aromatic rings. The number of Topliss-reactive ketones (excluding diaryl/α,β-unsaturated/α-hetero) is 2. The number of methoxy groups -OCH3 is 1. The maximum absolute atomic E-state index is 12.7. The second kappa shape index (κ2) is 20.0. The Hall–Kier alpha value is -5.28. The van der Waals surface area contributed by atoms with Crippen molar-refractivity contribution in [3.63, 3.8) is 0 Å². The Bertz CT molecular complexity index is 2990. The molecule has 4 heterocycles. The number of aromatic nitrogens is 6. The number of fused-ring (bicyclic) bond motifs is 2. The molecule has 0 unspecified atom stereocenters. The van der Waals surface area contributed by atoms with Crippen LogP contribution in [0.25, 0.3) is 11.4 Å². The number of benzene rings is 4. The van der Waals surface area contributed by atoms with Gasteiger partial charge in [-0.3, -0.25) is 9.59 Å². The van der Waals surface area contributed by atoms with Crippen molar-refractivity contribution in [2.24, 2.45) is 8.80 Å². The summed E-state index contributed by atoms with van der Waals surface area (Å²) in [5.74, 6) is -1.03. The van der Waals surface area contributed by atoms with Gasteiger partial charge in [-0.25, -0.2) is 0 Å². The van der Waals surface area contributed by atoms with Crippen molar-refractivity contribution in [2.45, 2.75) is 61.5 Å². The van der Waals surface area contributed by atoms with Gasteiger partial charge in [0.2, 0.25) is 0 Å². The Kier molecular flexibility index (Phi) is 14.6. The van der Waals surface area contributed by atoms with E-state index in [1.165, 1.54) is 23.1 Å². The number of aryl methyl sites for hydroxylation is 2. The molecule has 0 saturated heterocycles. The average molecular weight is 1120 g/mol. The first kappa shape index (κ1) is 45.7. The minimum Gasteiger partial charge on any atom is -0.390 e. The van der Waals surface area contributed by atoms with E-state index < -0.39 is 20.0 Å². The number of halogens is 2. The Labute approximate surface area is 389 Å². The van der Waals surface area contributed by atoms with Crippen LogP contribution >= 0.6 is 45.2 Å². The van der Waals surface area contributed by atoms with Crippen LogP contribution in [0.5, 0.6) is 0 Å². The fourth-order valence-electron chi connectivity index (χ4n) is 6.56. The van der Waals surface area contributed by atoms with Crippen molar-refractivity contribution in [2.75, 3.05) is 17.7 Å². The fraction of sp³-hybridized carbons (Fsp3) is 0.220. The van der Waals surface area contributed by atoms with E-state index in [9.17, 15) is 31.5 Å². The average Bonchev–Trinajstić information content (AvgIpc) is 3.95. The topological polar surface area (TPSA) is 242 Å². The Morgan fingerprint density at radius 1 is 0.667 bits per heavy atom. The van der Waals surface area contributed by atoms with Gasteiger partial charge in [-0.1, -0.05) is 36.4 Å². The van der Waals surface area contributed by atoms with Crippen LogP contribution in [0.15, 0.2) is 116 Å². The Morgan fingerprint density at radius 2 is 1.11 bits per heavy atom. The smallest absolute Gasteiger partial charge is 0.286 e. The number of para-hydroxylation sites is 2. The van der Waals surface area contributed by atoms with Gasteiger partial charge in [0.05, 0.1) is 48.4 Å². The van der Waals surface area contributed by atoms with Crippen LogP contribution in [0, 0.1) is 7.14 Å². The van der Waals surface area contributed by atoms with Crippen LogP contribution in [0.2, 0.25) is 0 Å². The molecule has 326 valence electrons. The molecule has 2 aliphatic heterocycles. The van der Waals surface area contributed by atoms with Crippen molar-refractivity contribution in [1.29, 1.82) is 0 Å². The number of ketones is 2. The number of amidine groups is 2. The van der Waals surface area contributed by atoms with Gasteiger partial charge < -0.3 is 20.5 Å². The predicted octanol–water partition coefficient (Wildman–Crippen LogP) is 5.59. The predicted molar refractivity (Wildman–Crippen MR) is 250 cm³/mol. The molecular weight excluding hydrogens is 1080 g/mol. The number of aliphatic hydroxyl groups excluding tert-OH is 1. The Balaban J connectivity index is 0.000000189. The molecule has 0 radical (unpaired) electrons. The molecule has 0 atom stereocenters. The van der Waals surface area contributed by atoms with E-state index in [1.807, 2.05) is 93.7 Å². The van der Waals surface area contributed by atoms with Crippen molar-refractivity contribution in [3.8, 4) is 11.4 Å². The molecule has 2 aliphatic rings. The lowest BCUT2D eigenvalue weighted by Crippen LogP contribution is -2.29. The molecule has 0 amide bonds. The normalized spacial score (nSPS) is 14.4. The molecule has 0 bridgehead atoms. The summed E-state index contributed by atoms with van der Waals surface area (Å²) in [4.78, 5) is 28.4. The number of nitrogens with one attached hydrogen (secondary N) is 2. The third-order valence-corrected chi connectivity index (χ3v) is 13.5. The molecule has 63 heavy (non-hydrogen) atoms. The fourth-order valence-corrected chi connectivity index (χ4v) is 10.3. The number of rotatable bonds is 15. The standard InChI is InChI=1S/C21H20IN5O4S.C20H18IN5O4S/c1-31-13-16-12-23-27(25-16)18-7-3-2-5-14(18)6-4-8-19(28)21-24-17-10-9-15(22)11-20(17)32(29,30)26-21;21-14-8-9-16-19(10-14)31(29,30)25-20(23-16)18(28)7-3-5-13-4-1-2-6-17(13)26-22-11-15(12-27)24-26/h2-3,5,7,9-12H,4,6,8,13H2,1H3,(H,24,26);1-2,4,6,8-11,27H,3,5,7,12H2,(H,23,25). The summed E-state index contributed by atoms with van der Waals surface area (Å²) >= 11 is 4.06. The van der Waals surface area contributed by atoms with Gasteiger partial charge in [-0.15, -0.1) is 8.80 Å². The lowest BCUT2D eigenvalue weighted by molar-refractivity contribution is -0.113. The minimum absolute atomic E-state index is 0.0684. The molecule has 3 N–H and O–H groups in total. The third-order valence-electron chi connectivity index (χ3n) is 9.55. The van der Waals surface area contributed by atoms with Crippen LogP contribution in [-0.4, -0.2) is 82.3 Å². The number of carbonyl (C=O) groups is 2. The van der Waals surface area contributed by atoms with E-state index in [0.29, 0.717) is 49.4 Å². The van der Waals surface area contributed by atoms with E-state index in [1.54, 1.807) is 42.4 Å². The van der Waals surface area contributed by atoms with Gasteiger partial charge in [-0.05, 0) is 131 Å². The van der Waals surface area contributed by atoms with E-state index in [2.05, 4.69) is 39.8 Å². The number of aliphatic hydroxyl groups is 1. The number of nitrogens with zero attached hydrogens (tertiary/aromatic N) is 8. The summed E-state index contributed by atoms with van der Waals surface area (Å²) in [6, 6.07) is 25.0. The summed E-state index contributed by atoms with van der Waals surface area (Å²) in [6.07, 6.45) is 5.58. The first-order chi connectivity index (χ1) is 30.2. The lowest BCUT2D eigenvalue weighted by Gasteiger charge is -2.17.